The van der Waals surface area contributed by atoms with E-state index in [1.165, 1.54) is 38.6 Å². The number of likely N-dealkylation sites (tertiary alicyclic amines) is 1. The summed E-state index contributed by atoms with van der Waals surface area (Å²) in [6.07, 6.45) is 7.28. The molecule has 1 saturated carbocycles. The summed E-state index contributed by atoms with van der Waals surface area (Å²) in [5.74, 6) is 5.46. The fourth-order valence-corrected chi connectivity index (χ4v) is 2.78. The Morgan fingerprint density at radius 3 is 2.50 bits per heavy atom. The summed E-state index contributed by atoms with van der Waals surface area (Å²) in [6, 6.07) is 0. The molecule has 1 unspecified atom stereocenters. The molecule has 3 nitrogen and oxygen atoms in total. The van der Waals surface area contributed by atoms with Gasteiger partial charge in [-0.1, -0.05) is 0 Å². The molecule has 0 amide bonds. The molecule has 3 heteroatoms. The Kier molecular flexibility index (Phi) is 2.10. The second-order valence-corrected chi connectivity index (χ2v) is 4.22. The van der Waals surface area contributed by atoms with Crippen molar-refractivity contribution in [1.82, 2.24) is 10.3 Å². The Morgan fingerprint density at radius 2 is 2.00 bits per heavy atom. The van der Waals surface area contributed by atoms with Crippen molar-refractivity contribution >= 4 is 0 Å². The first kappa shape index (κ1) is 8.48. The standard InChI is InChI=1S/C9H19N3/c1-8(11-10)12-7-3-6-9(12)4-2-5-9/h8,11H,2-7,10H2,1H3. The topological polar surface area (TPSA) is 41.3 Å². The summed E-state index contributed by atoms with van der Waals surface area (Å²) >= 11 is 0. The maximum absolute atomic E-state index is 5.46. The normalized spacial score (nSPS) is 30.5. The highest BCUT2D eigenvalue weighted by Gasteiger charge is 2.46. The molecule has 0 bridgehead atoms. The van der Waals surface area contributed by atoms with Gasteiger partial charge in [0.1, 0.15) is 0 Å². The Labute approximate surface area is 74.3 Å². The summed E-state index contributed by atoms with van der Waals surface area (Å²) in [4.78, 5) is 2.55. The van der Waals surface area contributed by atoms with Gasteiger partial charge in [-0.3, -0.25) is 10.7 Å². The van der Waals surface area contributed by atoms with E-state index in [-0.39, 0.29) is 0 Å². The van der Waals surface area contributed by atoms with Crippen LogP contribution in [0.3, 0.4) is 0 Å². The monoisotopic (exact) mass is 169 g/mol. The first-order chi connectivity index (χ1) is 5.78. The number of hydrogen-bond acceptors (Lipinski definition) is 3. The minimum absolute atomic E-state index is 0.354. The first-order valence-electron chi connectivity index (χ1n) is 5.01. The number of nitrogens with two attached hydrogens (primary N) is 1. The van der Waals surface area contributed by atoms with E-state index in [1.54, 1.807) is 0 Å². The van der Waals surface area contributed by atoms with Crippen molar-refractivity contribution in [2.45, 2.75) is 50.7 Å². The molecule has 1 atom stereocenters. The number of rotatable bonds is 2. The van der Waals surface area contributed by atoms with Gasteiger partial charge in [0.2, 0.25) is 0 Å². The van der Waals surface area contributed by atoms with E-state index in [0.717, 1.165) is 0 Å². The molecule has 0 aromatic carbocycles. The van der Waals surface area contributed by atoms with Gasteiger partial charge in [-0.05, 0) is 39.0 Å². The van der Waals surface area contributed by atoms with Gasteiger partial charge in [-0.2, -0.15) is 0 Å². The second kappa shape index (κ2) is 2.98. The van der Waals surface area contributed by atoms with Crippen LogP contribution in [0.4, 0.5) is 0 Å². The van der Waals surface area contributed by atoms with Crippen molar-refractivity contribution in [2.24, 2.45) is 5.84 Å². The lowest BCUT2D eigenvalue weighted by Gasteiger charge is -2.48. The molecule has 3 N–H and O–H groups in total. The molecule has 0 aromatic heterocycles. The molecular formula is C9H19N3. The van der Waals surface area contributed by atoms with Crippen LogP contribution >= 0.6 is 0 Å². The zero-order valence-corrected chi connectivity index (χ0v) is 7.84. The molecule has 2 aliphatic rings. The minimum Gasteiger partial charge on any atom is -0.282 e. The van der Waals surface area contributed by atoms with Gasteiger partial charge >= 0.3 is 0 Å². The average Bonchev–Trinajstić information content (AvgIpc) is 2.45. The Hall–Kier alpha value is -0.120. The van der Waals surface area contributed by atoms with E-state index < -0.39 is 0 Å². The van der Waals surface area contributed by atoms with Gasteiger partial charge in [0, 0.05) is 12.1 Å². The molecule has 70 valence electrons. The average molecular weight is 169 g/mol. The third-order valence-electron chi connectivity index (χ3n) is 3.64. The maximum atomic E-state index is 5.46. The number of nitrogens with one attached hydrogen (secondary N) is 1. The van der Waals surface area contributed by atoms with Crippen LogP contribution in [-0.4, -0.2) is 23.1 Å². The fourth-order valence-electron chi connectivity index (χ4n) is 2.78. The molecule has 1 saturated heterocycles. The van der Waals surface area contributed by atoms with Crippen molar-refractivity contribution in [2.75, 3.05) is 6.54 Å². The molecule has 1 heterocycles. The van der Waals surface area contributed by atoms with Crippen LogP contribution in [0, 0.1) is 0 Å². The maximum Gasteiger partial charge on any atom is 0.0702 e. The van der Waals surface area contributed by atoms with Crippen LogP contribution in [0.5, 0.6) is 0 Å². The number of hydrogen-bond donors (Lipinski definition) is 2. The summed E-state index contributed by atoms with van der Waals surface area (Å²) < 4.78 is 0. The largest absolute Gasteiger partial charge is 0.282 e. The van der Waals surface area contributed by atoms with E-state index >= 15 is 0 Å². The minimum atomic E-state index is 0.354. The summed E-state index contributed by atoms with van der Waals surface area (Å²) in [7, 11) is 0. The van der Waals surface area contributed by atoms with Gasteiger partial charge in [0.05, 0.1) is 6.17 Å². The van der Waals surface area contributed by atoms with Crippen LogP contribution < -0.4 is 11.3 Å². The van der Waals surface area contributed by atoms with Crippen molar-refractivity contribution in [1.29, 1.82) is 0 Å². The fraction of sp³-hybridized carbons (Fsp3) is 1.00. The third-order valence-corrected chi connectivity index (χ3v) is 3.64. The van der Waals surface area contributed by atoms with Gasteiger partial charge in [-0.25, -0.2) is 5.43 Å². The molecule has 2 fully saturated rings. The van der Waals surface area contributed by atoms with Gasteiger partial charge in [0.15, 0.2) is 0 Å². The first-order valence-corrected chi connectivity index (χ1v) is 5.01. The summed E-state index contributed by atoms with van der Waals surface area (Å²) in [5.41, 5.74) is 3.40. The lowest BCUT2D eigenvalue weighted by Crippen LogP contribution is -2.58. The highest BCUT2D eigenvalue weighted by atomic mass is 15.4. The summed E-state index contributed by atoms with van der Waals surface area (Å²) in [6.45, 7) is 3.39. The van der Waals surface area contributed by atoms with E-state index in [4.69, 9.17) is 5.84 Å². The van der Waals surface area contributed by atoms with Crippen LogP contribution in [-0.2, 0) is 0 Å². The van der Waals surface area contributed by atoms with Crippen molar-refractivity contribution in [3.63, 3.8) is 0 Å². The zero-order chi connectivity index (χ0) is 8.60. The molecule has 12 heavy (non-hydrogen) atoms. The van der Waals surface area contributed by atoms with Crippen LogP contribution in [0.1, 0.15) is 39.0 Å². The predicted octanol–water partition coefficient (Wildman–Crippen LogP) is 0.814. The zero-order valence-electron chi connectivity index (χ0n) is 7.84. The van der Waals surface area contributed by atoms with Crippen molar-refractivity contribution < 1.29 is 0 Å². The van der Waals surface area contributed by atoms with E-state index in [2.05, 4.69) is 17.2 Å². The highest BCUT2D eigenvalue weighted by molar-refractivity contribution is 5.02. The quantitative estimate of drug-likeness (QED) is 0.475. The Morgan fingerprint density at radius 1 is 1.33 bits per heavy atom. The van der Waals surface area contributed by atoms with E-state index in [0.29, 0.717) is 11.7 Å². The molecule has 1 aliphatic carbocycles. The van der Waals surface area contributed by atoms with E-state index in [9.17, 15) is 0 Å². The molecule has 0 aromatic rings. The molecule has 2 rings (SSSR count). The highest BCUT2D eigenvalue weighted by Crippen LogP contribution is 2.45. The second-order valence-electron chi connectivity index (χ2n) is 4.22. The van der Waals surface area contributed by atoms with E-state index in [1.807, 2.05) is 0 Å². The van der Waals surface area contributed by atoms with Gasteiger partial charge < -0.3 is 0 Å². The Balaban J connectivity index is 2.03. The van der Waals surface area contributed by atoms with Crippen LogP contribution in [0.2, 0.25) is 0 Å². The smallest absolute Gasteiger partial charge is 0.0702 e. The number of hydrazine groups is 1. The van der Waals surface area contributed by atoms with Crippen LogP contribution in [0.15, 0.2) is 0 Å². The van der Waals surface area contributed by atoms with Crippen LogP contribution in [0.25, 0.3) is 0 Å². The van der Waals surface area contributed by atoms with Gasteiger partial charge in [0.25, 0.3) is 0 Å². The molecule has 0 radical (unpaired) electrons. The molecular weight excluding hydrogens is 150 g/mol. The SMILES string of the molecule is CC(NN)N1CCCC12CCC2. The van der Waals surface area contributed by atoms with Crippen molar-refractivity contribution in [3.8, 4) is 0 Å². The molecule has 1 aliphatic heterocycles. The third kappa shape index (κ3) is 1.08. The van der Waals surface area contributed by atoms with Crippen molar-refractivity contribution in [3.05, 3.63) is 0 Å². The summed E-state index contributed by atoms with van der Waals surface area (Å²) in [5, 5.41) is 0. The molecule has 1 spiro atoms. The lowest BCUT2D eigenvalue weighted by molar-refractivity contribution is 0.0144. The lowest BCUT2D eigenvalue weighted by atomic mass is 9.74. The predicted molar refractivity (Wildman–Crippen MR) is 49.3 cm³/mol. The van der Waals surface area contributed by atoms with Gasteiger partial charge in [-0.15, -0.1) is 0 Å². The Bertz CT molecular complexity index is 165. The number of nitrogens with zero attached hydrogens (tertiary/aromatic N) is 1.